The average Bonchev–Trinajstić information content (AvgIpc) is 3.08. The second-order valence-electron chi connectivity index (χ2n) is 5.42. The molecule has 0 aliphatic heterocycles. The third-order valence-electron chi connectivity index (χ3n) is 3.51. The Balaban J connectivity index is 1.89. The van der Waals surface area contributed by atoms with Gasteiger partial charge in [-0.05, 0) is 42.5 Å². The van der Waals surface area contributed by atoms with Crippen molar-refractivity contribution in [2.45, 2.75) is 0 Å². The summed E-state index contributed by atoms with van der Waals surface area (Å²) in [5.74, 6) is 0. The van der Waals surface area contributed by atoms with Crippen LogP contribution < -0.4 is 5.30 Å². The number of hydrogen-bond donors (Lipinski definition) is 0. The molecule has 0 bridgehead atoms. The molecule has 0 radical (unpaired) electrons. The van der Waals surface area contributed by atoms with Crippen molar-refractivity contribution in [1.82, 2.24) is 0 Å². The molecular formula is C16H13OPS3. The molecule has 0 spiro atoms. The van der Waals surface area contributed by atoms with Crippen molar-refractivity contribution < 1.29 is 4.57 Å². The Hall–Kier alpha value is -0.930. The van der Waals surface area contributed by atoms with Gasteiger partial charge in [-0.1, -0.05) is 18.2 Å². The molecule has 0 saturated carbocycles. The topological polar surface area (TPSA) is 17.1 Å². The fourth-order valence-corrected chi connectivity index (χ4v) is 7.06. The van der Waals surface area contributed by atoms with E-state index in [2.05, 4.69) is 29.6 Å². The van der Waals surface area contributed by atoms with E-state index in [1.807, 2.05) is 59.5 Å². The lowest BCUT2D eigenvalue weighted by Gasteiger charge is -2.08. The molecule has 21 heavy (non-hydrogen) atoms. The lowest BCUT2D eigenvalue weighted by molar-refractivity contribution is 0.588. The number of thiophene rings is 3. The summed E-state index contributed by atoms with van der Waals surface area (Å²) in [4.78, 5) is 1.27. The highest BCUT2D eigenvalue weighted by Gasteiger charge is 2.14. The van der Waals surface area contributed by atoms with E-state index in [9.17, 15) is 4.57 Å². The maximum absolute atomic E-state index is 12.3. The van der Waals surface area contributed by atoms with E-state index in [1.54, 1.807) is 0 Å². The van der Waals surface area contributed by atoms with Crippen LogP contribution in [-0.4, -0.2) is 13.3 Å². The molecule has 3 heterocycles. The Labute approximate surface area is 135 Å². The predicted octanol–water partition coefficient (Wildman–Crippen LogP) is 6.09. The van der Waals surface area contributed by atoms with E-state index in [0.29, 0.717) is 0 Å². The third-order valence-corrected chi connectivity index (χ3v) is 8.65. The van der Waals surface area contributed by atoms with E-state index < -0.39 is 7.14 Å². The molecule has 0 amide bonds. The van der Waals surface area contributed by atoms with Crippen LogP contribution in [0.5, 0.6) is 0 Å². The van der Waals surface area contributed by atoms with Crippen LogP contribution in [0.25, 0.3) is 29.2 Å². The zero-order valence-electron chi connectivity index (χ0n) is 11.6. The quantitative estimate of drug-likeness (QED) is 0.400. The zero-order valence-corrected chi connectivity index (χ0v) is 15.0. The summed E-state index contributed by atoms with van der Waals surface area (Å²) < 4.78 is 17.8. The molecule has 1 aromatic carbocycles. The Morgan fingerprint density at radius 3 is 2.62 bits per heavy atom. The van der Waals surface area contributed by atoms with Gasteiger partial charge in [0.05, 0.1) is 9.40 Å². The van der Waals surface area contributed by atoms with Gasteiger partial charge in [0.2, 0.25) is 0 Å². The first-order valence-electron chi connectivity index (χ1n) is 6.58. The molecule has 3 aromatic heterocycles. The smallest absolute Gasteiger partial charge is 0.109 e. The standard InChI is InChI=1S/C16H13OPS3/c1-18(2,17)11-5-3-4-10(8-11)13-9-14-16(21-13)15-12(20-14)6-7-19-15/h3-9H,1-2H3. The molecule has 0 atom stereocenters. The molecule has 0 saturated heterocycles. The Morgan fingerprint density at radius 1 is 0.952 bits per heavy atom. The number of hydrogen-bond acceptors (Lipinski definition) is 4. The molecule has 4 rings (SSSR count). The third kappa shape index (κ3) is 2.31. The van der Waals surface area contributed by atoms with Crippen LogP contribution in [0.3, 0.4) is 0 Å². The van der Waals surface area contributed by atoms with Gasteiger partial charge in [-0.2, -0.15) is 0 Å². The maximum atomic E-state index is 12.3. The minimum Gasteiger partial charge on any atom is -0.319 e. The minimum atomic E-state index is -2.21. The van der Waals surface area contributed by atoms with Crippen LogP contribution >= 0.6 is 41.2 Å². The van der Waals surface area contributed by atoms with Crippen molar-refractivity contribution in [3.63, 3.8) is 0 Å². The molecule has 106 valence electrons. The van der Waals surface area contributed by atoms with Gasteiger partial charge in [0, 0.05) is 19.6 Å². The summed E-state index contributed by atoms with van der Waals surface area (Å²) in [5.41, 5.74) is 1.18. The Morgan fingerprint density at radius 2 is 1.81 bits per heavy atom. The van der Waals surface area contributed by atoms with Crippen molar-refractivity contribution >= 4 is 65.3 Å². The van der Waals surface area contributed by atoms with E-state index in [-0.39, 0.29) is 0 Å². The van der Waals surface area contributed by atoms with Gasteiger partial charge in [0.15, 0.2) is 0 Å². The first-order valence-corrected chi connectivity index (χ1v) is 11.7. The van der Waals surface area contributed by atoms with Crippen LogP contribution in [0.2, 0.25) is 0 Å². The van der Waals surface area contributed by atoms with Gasteiger partial charge in [0.25, 0.3) is 0 Å². The fourth-order valence-electron chi connectivity index (χ4n) is 2.41. The molecule has 4 aromatic rings. The molecule has 0 aliphatic carbocycles. The zero-order chi connectivity index (χ0) is 14.6. The molecule has 5 heteroatoms. The van der Waals surface area contributed by atoms with Crippen LogP contribution in [-0.2, 0) is 4.57 Å². The molecule has 0 fully saturated rings. The van der Waals surface area contributed by atoms with Crippen molar-refractivity contribution in [1.29, 1.82) is 0 Å². The van der Waals surface area contributed by atoms with E-state index >= 15 is 0 Å². The highest BCUT2D eigenvalue weighted by Crippen LogP contribution is 2.45. The summed E-state index contributed by atoms with van der Waals surface area (Å²) in [5, 5.41) is 3.11. The number of rotatable bonds is 2. The number of benzene rings is 1. The van der Waals surface area contributed by atoms with E-state index in [0.717, 1.165) is 5.30 Å². The summed E-state index contributed by atoms with van der Waals surface area (Å²) >= 11 is 5.52. The van der Waals surface area contributed by atoms with Crippen molar-refractivity contribution in [2.24, 2.45) is 0 Å². The first kappa shape index (κ1) is 13.7. The van der Waals surface area contributed by atoms with Crippen molar-refractivity contribution in [3.05, 3.63) is 41.8 Å². The van der Waals surface area contributed by atoms with Crippen molar-refractivity contribution in [2.75, 3.05) is 13.3 Å². The molecule has 0 N–H and O–H groups in total. The summed E-state index contributed by atoms with van der Waals surface area (Å²) in [6.07, 6.45) is 0. The lowest BCUT2D eigenvalue weighted by Crippen LogP contribution is -2.01. The summed E-state index contributed by atoms with van der Waals surface area (Å²) in [6, 6.07) is 12.6. The average molecular weight is 348 g/mol. The largest absolute Gasteiger partial charge is 0.319 e. The Bertz CT molecular complexity index is 999. The van der Waals surface area contributed by atoms with Crippen LogP contribution in [0.15, 0.2) is 41.8 Å². The monoisotopic (exact) mass is 348 g/mol. The highest BCUT2D eigenvalue weighted by atomic mass is 32.1. The van der Waals surface area contributed by atoms with Gasteiger partial charge in [-0.15, -0.1) is 34.0 Å². The minimum absolute atomic E-state index is 0.957. The molecule has 0 aliphatic rings. The van der Waals surface area contributed by atoms with E-state index in [1.165, 1.54) is 29.2 Å². The van der Waals surface area contributed by atoms with Crippen LogP contribution in [0.4, 0.5) is 0 Å². The lowest BCUT2D eigenvalue weighted by atomic mass is 10.2. The van der Waals surface area contributed by atoms with Gasteiger partial charge < -0.3 is 4.57 Å². The molecule has 1 nitrogen and oxygen atoms in total. The second-order valence-corrected chi connectivity index (χ2v) is 11.7. The SMILES string of the molecule is CP(C)(=O)c1cccc(-c2cc3sc4ccsc4c3s2)c1. The van der Waals surface area contributed by atoms with Gasteiger partial charge in [0.1, 0.15) is 7.14 Å². The molecule has 0 unspecified atom stereocenters. The van der Waals surface area contributed by atoms with Crippen LogP contribution in [0.1, 0.15) is 0 Å². The van der Waals surface area contributed by atoms with Gasteiger partial charge >= 0.3 is 0 Å². The fraction of sp³-hybridized carbons (Fsp3) is 0.125. The van der Waals surface area contributed by atoms with Gasteiger partial charge in [-0.25, -0.2) is 0 Å². The van der Waals surface area contributed by atoms with Crippen molar-refractivity contribution in [3.8, 4) is 10.4 Å². The summed E-state index contributed by atoms with van der Waals surface area (Å²) in [6.45, 7) is 3.66. The second kappa shape index (κ2) is 4.79. The van der Waals surface area contributed by atoms with Gasteiger partial charge in [-0.3, -0.25) is 0 Å². The predicted molar refractivity (Wildman–Crippen MR) is 99.6 cm³/mol. The summed E-state index contributed by atoms with van der Waals surface area (Å²) in [7, 11) is -2.21. The van der Waals surface area contributed by atoms with E-state index in [4.69, 9.17) is 0 Å². The van der Waals surface area contributed by atoms with Crippen LogP contribution in [0, 0.1) is 0 Å². The highest BCUT2D eigenvalue weighted by molar-refractivity contribution is 7.70. The molecular weight excluding hydrogens is 335 g/mol. The Kier molecular flexibility index (Phi) is 3.13. The first-order chi connectivity index (χ1) is 10.0. The maximum Gasteiger partial charge on any atom is 0.109 e. The number of fused-ring (bicyclic) bond motifs is 3. The normalized spacial score (nSPS) is 12.5.